The monoisotopic (exact) mass is 295 g/mol. The Kier molecular flexibility index (Phi) is 3.10. The first-order valence-corrected chi connectivity index (χ1v) is 9.12. The highest BCUT2D eigenvalue weighted by Crippen LogP contribution is 2.48. The highest BCUT2D eigenvalue weighted by molar-refractivity contribution is 7.99. The van der Waals surface area contributed by atoms with Gasteiger partial charge >= 0.3 is 0 Å². The molecule has 3 aliphatic carbocycles. The van der Waals surface area contributed by atoms with E-state index in [9.17, 15) is 0 Å². The smallest absolute Gasteiger partial charge is 0.191 e. The van der Waals surface area contributed by atoms with Gasteiger partial charge < -0.3 is 4.57 Å². The number of nitrogens with zero attached hydrogens (tertiary/aromatic N) is 3. The van der Waals surface area contributed by atoms with Crippen molar-refractivity contribution in [2.45, 2.75) is 62.1 Å². The molecule has 1 aromatic rings. The van der Waals surface area contributed by atoms with Crippen molar-refractivity contribution in [2.75, 3.05) is 11.5 Å². The van der Waals surface area contributed by atoms with Gasteiger partial charge in [0.15, 0.2) is 5.16 Å². The van der Waals surface area contributed by atoms with Crippen LogP contribution < -0.4 is 0 Å². The molecule has 0 spiro atoms. The van der Waals surface area contributed by atoms with E-state index >= 15 is 0 Å². The van der Waals surface area contributed by atoms with Crippen LogP contribution in [0.15, 0.2) is 5.16 Å². The van der Waals surface area contributed by atoms with Crippen LogP contribution in [0.4, 0.5) is 0 Å². The molecule has 0 amide bonds. The molecule has 0 radical (unpaired) electrons. The zero-order valence-electron chi connectivity index (χ0n) is 11.2. The molecule has 4 rings (SSSR count). The van der Waals surface area contributed by atoms with E-state index in [0.29, 0.717) is 17.4 Å². The van der Waals surface area contributed by atoms with Crippen LogP contribution in [-0.2, 0) is 0 Å². The molecule has 0 saturated heterocycles. The molecule has 3 fully saturated rings. The van der Waals surface area contributed by atoms with E-state index in [1.54, 1.807) is 0 Å². The van der Waals surface area contributed by atoms with Gasteiger partial charge in [-0.25, -0.2) is 0 Å². The van der Waals surface area contributed by atoms with Crippen LogP contribution in [0, 0.1) is 5.41 Å². The fraction of sp³-hybridized carbons (Fsp3) is 0.857. The fourth-order valence-electron chi connectivity index (χ4n) is 2.93. The number of hydrogen-bond acceptors (Lipinski definition) is 4. The highest BCUT2D eigenvalue weighted by atomic mass is 32.2. The second kappa shape index (κ2) is 4.69. The predicted molar refractivity (Wildman–Crippen MR) is 81.1 cm³/mol. The molecule has 0 aromatic carbocycles. The SMILES string of the molecule is SCC1(CSc2nnc(C3CC3)n2C2CC2)CCC1. The minimum atomic E-state index is 0.480. The lowest BCUT2D eigenvalue weighted by atomic mass is 9.72. The first kappa shape index (κ1) is 12.6. The molecular weight excluding hydrogens is 274 g/mol. The molecule has 0 aliphatic heterocycles. The lowest BCUT2D eigenvalue weighted by Crippen LogP contribution is -2.33. The Balaban J connectivity index is 1.51. The Morgan fingerprint density at radius 1 is 1.21 bits per heavy atom. The molecule has 19 heavy (non-hydrogen) atoms. The van der Waals surface area contributed by atoms with Crippen molar-refractivity contribution in [3.05, 3.63) is 5.82 Å². The minimum absolute atomic E-state index is 0.480. The Labute approximate surface area is 124 Å². The van der Waals surface area contributed by atoms with Crippen LogP contribution in [0.3, 0.4) is 0 Å². The molecule has 0 atom stereocenters. The largest absolute Gasteiger partial charge is 0.303 e. The third kappa shape index (κ3) is 2.33. The number of hydrogen-bond donors (Lipinski definition) is 1. The topological polar surface area (TPSA) is 30.7 Å². The molecule has 0 bridgehead atoms. The molecule has 1 aromatic heterocycles. The number of rotatable bonds is 6. The predicted octanol–water partition coefficient (Wildman–Crippen LogP) is 3.68. The Hall–Kier alpha value is -0.160. The van der Waals surface area contributed by atoms with Gasteiger partial charge in [-0.1, -0.05) is 18.2 Å². The van der Waals surface area contributed by atoms with Crippen molar-refractivity contribution in [1.82, 2.24) is 14.8 Å². The Morgan fingerprint density at radius 2 is 2.00 bits per heavy atom. The maximum Gasteiger partial charge on any atom is 0.191 e. The molecule has 3 nitrogen and oxygen atoms in total. The van der Waals surface area contributed by atoms with E-state index in [1.165, 1.54) is 61.7 Å². The Bertz CT molecular complexity index is 468. The molecule has 1 heterocycles. The molecule has 0 unspecified atom stereocenters. The third-order valence-electron chi connectivity index (χ3n) is 4.80. The minimum Gasteiger partial charge on any atom is -0.303 e. The standard InChI is InChI=1S/C14H21N3S2/c18-8-14(6-1-7-14)9-19-13-16-15-12(10-2-3-10)17(13)11-4-5-11/h10-11,18H,1-9H2. The van der Waals surface area contributed by atoms with Crippen LogP contribution in [0.5, 0.6) is 0 Å². The van der Waals surface area contributed by atoms with Gasteiger partial charge in [0.05, 0.1) is 0 Å². The van der Waals surface area contributed by atoms with Crippen LogP contribution in [0.1, 0.15) is 62.7 Å². The van der Waals surface area contributed by atoms with Gasteiger partial charge in [-0.15, -0.1) is 10.2 Å². The average molecular weight is 295 g/mol. The molecule has 3 saturated carbocycles. The maximum atomic E-state index is 4.55. The molecular formula is C14H21N3S2. The molecule has 0 N–H and O–H groups in total. The van der Waals surface area contributed by atoms with E-state index in [2.05, 4.69) is 27.4 Å². The van der Waals surface area contributed by atoms with Gasteiger partial charge in [-0.05, 0) is 49.7 Å². The molecule has 3 aliphatic rings. The second-order valence-electron chi connectivity index (χ2n) is 6.52. The van der Waals surface area contributed by atoms with Gasteiger partial charge in [-0.3, -0.25) is 0 Å². The summed E-state index contributed by atoms with van der Waals surface area (Å²) >= 11 is 6.48. The maximum absolute atomic E-state index is 4.55. The summed E-state index contributed by atoms with van der Waals surface area (Å²) in [7, 11) is 0. The van der Waals surface area contributed by atoms with Crippen molar-refractivity contribution in [2.24, 2.45) is 5.41 Å². The summed E-state index contributed by atoms with van der Waals surface area (Å²) in [4.78, 5) is 0. The van der Waals surface area contributed by atoms with Crippen LogP contribution in [0.25, 0.3) is 0 Å². The molecule has 104 valence electrons. The lowest BCUT2D eigenvalue weighted by Gasteiger charge is -2.40. The second-order valence-corrected chi connectivity index (χ2v) is 7.78. The quantitative estimate of drug-likeness (QED) is 0.641. The van der Waals surface area contributed by atoms with Crippen molar-refractivity contribution in [3.63, 3.8) is 0 Å². The summed E-state index contributed by atoms with van der Waals surface area (Å²) in [6.45, 7) is 0. The summed E-state index contributed by atoms with van der Waals surface area (Å²) in [5.41, 5.74) is 0.480. The third-order valence-corrected chi connectivity index (χ3v) is 6.77. The number of thiol groups is 1. The number of thioether (sulfide) groups is 1. The van der Waals surface area contributed by atoms with E-state index < -0.39 is 0 Å². The van der Waals surface area contributed by atoms with Crippen molar-refractivity contribution < 1.29 is 0 Å². The van der Waals surface area contributed by atoms with Crippen LogP contribution >= 0.6 is 24.4 Å². The number of aromatic nitrogens is 3. The van der Waals surface area contributed by atoms with E-state index in [-0.39, 0.29) is 0 Å². The summed E-state index contributed by atoms with van der Waals surface area (Å²) in [5.74, 6) is 4.18. The highest BCUT2D eigenvalue weighted by Gasteiger charge is 2.39. The van der Waals surface area contributed by atoms with Crippen LogP contribution in [0.2, 0.25) is 0 Å². The van der Waals surface area contributed by atoms with Gasteiger partial charge in [0, 0.05) is 17.7 Å². The first-order valence-electron chi connectivity index (χ1n) is 7.50. The fourth-order valence-corrected chi connectivity index (χ4v) is 4.81. The summed E-state index contributed by atoms with van der Waals surface area (Å²) in [6, 6.07) is 0.710. The van der Waals surface area contributed by atoms with Crippen LogP contribution in [-0.4, -0.2) is 26.3 Å². The van der Waals surface area contributed by atoms with Gasteiger partial charge in [0.25, 0.3) is 0 Å². The van der Waals surface area contributed by atoms with Gasteiger partial charge in [0.1, 0.15) is 5.82 Å². The summed E-state index contributed by atoms with van der Waals surface area (Å²) < 4.78 is 2.47. The zero-order chi connectivity index (χ0) is 12.9. The van der Waals surface area contributed by atoms with Gasteiger partial charge in [0.2, 0.25) is 0 Å². The summed E-state index contributed by atoms with van der Waals surface area (Å²) in [6.07, 6.45) is 9.34. The van der Waals surface area contributed by atoms with Gasteiger partial charge in [-0.2, -0.15) is 12.6 Å². The van der Waals surface area contributed by atoms with Crippen molar-refractivity contribution in [3.8, 4) is 0 Å². The lowest BCUT2D eigenvalue weighted by molar-refractivity contribution is 0.205. The first-order chi connectivity index (χ1) is 9.31. The van der Waals surface area contributed by atoms with Crippen molar-refractivity contribution >= 4 is 24.4 Å². The zero-order valence-corrected chi connectivity index (χ0v) is 12.9. The normalized spacial score (nSPS) is 25.3. The summed E-state index contributed by atoms with van der Waals surface area (Å²) in [5, 5.41) is 10.1. The Morgan fingerprint density at radius 3 is 2.53 bits per heavy atom. The van der Waals surface area contributed by atoms with E-state index in [4.69, 9.17) is 0 Å². The van der Waals surface area contributed by atoms with E-state index in [1.807, 2.05) is 11.8 Å². The van der Waals surface area contributed by atoms with E-state index in [0.717, 1.165) is 5.75 Å². The molecule has 5 heteroatoms. The van der Waals surface area contributed by atoms with Crippen molar-refractivity contribution in [1.29, 1.82) is 0 Å². The average Bonchev–Trinajstić information content (AvgIpc) is 3.28.